The molecule has 0 spiro atoms. The van der Waals surface area contributed by atoms with Gasteiger partial charge in [0, 0.05) is 30.5 Å². The van der Waals surface area contributed by atoms with Gasteiger partial charge in [-0.05, 0) is 148 Å². The molecule has 4 saturated carbocycles. The molecule has 8 atom stereocenters. The second kappa shape index (κ2) is 14.2. The van der Waals surface area contributed by atoms with Crippen molar-refractivity contribution in [3.05, 3.63) is 46.8 Å². The number of benzene rings is 1. The van der Waals surface area contributed by atoms with E-state index in [4.69, 9.17) is 14.9 Å². The van der Waals surface area contributed by atoms with Crippen LogP contribution in [0.25, 0.3) is 11.4 Å². The lowest BCUT2D eigenvalue weighted by Crippen LogP contribution is -2.66. The monoisotopic (exact) mass is 779 g/mol. The molecule has 2 N–H and O–H groups in total. The Balaban J connectivity index is 1.24. The summed E-state index contributed by atoms with van der Waals surface area (Å²) in [5, 5.41) is 32.3. The Bertz CT molecular complexity index is 2020. The van der Waals surface area contributed by atoms with Crippen LogP contribution >= 0.6 is 0 Å². The Labute approximate surface area is 339 Å². The number of carboxylic acid groups (broad SMARTS) is 1. The molecule has 308 valence electrons. The van der Waals surface area contributed by atoms with E-state index in [1.165, 1.54) is 5.57 Å². The molecule has 0 aliphatic heterocycles. The average Bonchev–Trinajstić information content (AvgIpc) is 3.71. The number of rotatable bonds is 10. The summed E-state index contributed by atoms with van der Waals surface area (Å²) in [5.74, 6) is 1.69. The van der Waals surface area contributed by atoms with E-state index in [0.29, 0.717) is 30.4 Å². The molecule has 5 aliphatic rings. The fraction of sp³-hybridized carbons (Fsp3) is 0.702. The molecule has 0 radical (unpaired) electrons. The van der Waals surface area contributed by atoms with Crippen LogP contribution in [0.4, 0.5) is 0 Å². The van der Waals surface area contributed by atoms with E-state index in [1.54, 1.807) is 13.8 Å². The van der Waals surface area contributed by atoms with Crippen LogP contribution in [-0.4, -0.2) is 57.3 Å². The van der Waals surface area contributed by atoms with E-state index < -0.39 is 22.8 Å². The van der Waals surface area contributed by atoms with Gasteiger partial charge in [-0.1, -0.05) is 48.5 Å². The summed E-state index contributed by atoms with van der Waals surface area (Å²) in [5.41, 5.74) is 1.97. The number of aromatic nitrogens is 3. The van der Waals surface area contributed by atoms with Crippen LogP contribution in [0, 0.1) is 62.1 Å². The minimum Gasteiger partial charge on any atom is -0.481 e. The van der Waals surface area contributed by atoms with Crippen LogP contribution < -0.4 is 5.32 Å². The molecule has 0 saturated heterocycles. The van der Waals surface area contributed by atoms with Gasteiger partial charge in [0.05, 0.1) is 28.9 Å². The van der Waals surface area contributed by atoms with Gasteiger partial charge in [-0.15, -0.1) is 10.2 Å². The molecule has 1 aromatic heterocycles. The van der Waals surface area contributed by atoms with E-state index in [2.05, 4.69) is 64.4 Å². The van der Waals surface area contributed by atoms with Crippen LogP contribution in [0.15, 0.2) is 35.4 Å². The fourth-order valence-corrected chi connectivity index (χ4v) is 13.7. The molecule has 0 unspecified atom stereocenters. The lowest BCUT2D eigenvalue weighted by Gasteiger charge is -2.72. The van der Waals surface area contributed by atoms with E-state index in [1.807, 2.05) is 31.3 Å². The molecule has 2 aromatic rings. The molecule has 1 aromatic carbocycles. The third-order valence-corrected chi connectivity index (χ3v) is 16.8. The number of hydrogen-bond donors (Lipinski definition) is 2. The summed E-state index contributed by atoms with van der Waals surface area (Å²) in [4.78, 5) is 39.5. The third-order valence-electron chi connectivity index (χ3n) is 16.8. The summed E-state index contributed by atoms with van der Waals surface area (Å²) in [7, 11) is 1.95. The highest BCUT2D eigenvalue weighted by atomic mass is 16.5. The summed E-state index contributed by atoms with van der Waals surface area (Å²) < 4.78 is 8.46. The number of fused-ring (bicyclic) bond motifs is 7. The van der Waals surface area contributed by atoms with Crippen LogP contribution in [0.5, 0.6) is 0 Å². The number of Topliss-reactive ketones (excluding diaryl/α,β-unsaturated/α-hetero) is 1. The number of nitrogens with one attached hydrogen (secondary N) is 1. The average molecular weight is 780 g/mol. The lowest BCUT2D eigenvalue weighted by atomic mass is 9.33. The molecule has 7 rings (SSSR count). The SMILES string of the molecule is CNCCn1c(-c2ccc(C#N)cc2)nnc1[C@@]12CC[C@]3(C)[C@H](CC[C@@H]4[C@@]5(C)CC[C@H](OC(=O)CC(C)(C)C(=O)O)C(C)(C)[C@@H]5CC[C@]43C)C1=C(C(C)C)C(=O)C2. The highest BCUT2D eigenvalue weighted by molar-refractivity contribution is 6.01. The largest absolute Gasteiger partial charge is 0.481 e. The quantitative estimate of drug-likeness (QED) is 0.226. The Kier molecular flexibility index (Phi) is 10.3. The fourth-order valence-electron chi connectivity index (χ4n) is 13.7. The number of allylic oxidation sites excluding steroid dienone is 2. The topological polar surface area (TPSA) is 147 Å². The van der Waals surface area contributed by atoms with Gasteiger partial charge < -0.3 is 19.7 Å². The zero-order chi connectivity index (χ0) is 41.5. The van der Waals surface area contributed by atoms with Crippen LogP contribution in [-0.2, 0) is 31.1 Å². The van der Waals surface area contributed by atoms with Crippen molar-refractivity contribution in [3.63, 3.8) is 0 Å². The number of carbonyl (C=O) groups is 3. The van der Waals surface area contributed by atoms with E-state index in [-0.39, 0.29) is 51.8 Å². The third kappa shape index (κ3) is 6.14. The molecular formula is C47H65N5O5. The van der Waals surface area contributed by atoms with Crippen LogP contribution in [0.1, 0.15) is 138 Å². The number of aliphatic carboxylic acids is 1. The first-order valence-corrected chi connectivity index (χ1v) is 21.5. The second-order valence-corrected chi connectivity index (χ2v) is 20.8. The van der Waals surface area contributed by atoms with Crippen molar-refractivity contribution < 1.29 is 24.2 Å². The number of ketones is 1. The molecule has 10 nitrogen and oxygen atoms in total. The molecule has 4 fully saturated rings. The number of esters is 1. The normalized spacial score (nSPS) is 34.5. The molecule has 10 heteroatoms. The standard InChI is InChI=1S/C47H65N5O5/c1-28(2)37-32(53)25-47(40-51-50-39(52(40)24-23-49-10)30-13-11-29(27-48)12-14-30)22-21-45(8)31(38(37)47)15-16-34-44(7)19-18-35(57-36(54)26-42(3,4)41(55)56)43(5,6)33(44)17-20-46(34,45)9/h11-14,28,31,33-35,49H,15-26H2,1-10H3,(H,55,56)/t31-,33+,34-,35+,44+,45-,46-,47-/m1/s1. The number of ether oxygens (including phenoxy) is 1. The minimum atomic E-state index is -1.17. The molecule has 5 aliphatic carbocycles. The Morgan fingerprint density at radius 1 is 0.982 bits per heavy atom. The van der Waals surface area contributed by atoms with E-state index >= 15 is 0 Å². The van der Waals surface area contributed by atoms with Gasteiger partial charge in [-0.2, -0.15) is 5.26 Å². The summed E-state index contributed by atoms with van der Waals surface area (Å²) in [6.07, 6.45) is 7.86. The molecule has 57 heavy (non-hydrogen) atoms. The summed E-state index contributed by atoms with van der Waals surface area (Å²) in [6, 6.07) is 9.78. The van der Waals surface area contributed by atoms with Gasteiger partial charge in [-0.25, -0.2) is 0 Å². The first-order valence-electron chi connectivity index (χ1n) is 21.5. The van der Waals surface area contributed by atoms with Gasteiger partial charge in [0.1, 0.15) is 11.9 Å². The van der Waals surface area contributed by atoms with Crippen molar-refractivity contribution in [3.8, 4) is 17.5 Å². The second-order valence-electron chi connectivity index (χ2n) is 20.8. The highest BCUT2D eigenvalue weighted by Gasteiger charge is 2.71. The zero-order valence-electron chi connectivity index (χ0n) is 36.1. The first-order chi connectivity index (χ1) is 26.7. The lowest BCUT2D eigenvalue weighted by molar-refractivity contribution is -0.232. The van der Waals surface area contributed by atoms with Crippen molar-refractivity contribution in [2.75, 3.05) is 13.6 Å². The van der Waals surface area contributed by atoms with Crippen molar-refractivity contribution >= 4 is 17.7 Å². The maximum atomic E-state index is 14.5. The number of carboxylic acids is 1. The van der Waals surface area contributed by atoms with E-state index in [0.717, 1.165) is 80.7 Å². The Morgan fingerprint density at radius 3 is 2.32 bits per heavy atom. The molecular weight excluding hydrogens is 715 g/mol. The summed E-state index contributed by atoms with van der Waals surface area (Å²) >= 11 is 0. The number of nitriles is 1. The van der Waals surface area contributed by atoms with Gasteiger partial charge in [0.2, 0.25) is 0 Å². The van der Waals surface area contributed by atoms with Crippen molar-refractivity contribution in [2.45, 2.75) is 145 Å². The van der Waals surface area contributed by atoms with Gasteiger partial charge in [-0.3, -0.25) is 14.4 Å². The Morgan fingerprint density at radius 2 is 1.68 bits per heavy atom. The molecule has 1 heterocycles. The molecule has 0 amide bonds. The maximum Gasteiger partial charge on any atom is 0.309 e. The molecule has 0 bridgehead atoms. The zero-order valence-corrected chi connectivity index (χ0v) is 36.1. The van der Waals surface area contributed by atoms with Gasteiger partial charge in [0.25, 0.3) is 0 Å². The van der Waals surface area contributed by atoms with Gasteiger partial charge >= 0.3 is 11.9 Å². The Hall–Kier alpha value is -3.84. The van der Waals surface area contributed by atoms with Crippen molar-refractivity contribution in [1.29, 1.82) is 5.26 Å². The van der Waals surface area contributed by atoms with Crippen LogP contribution in [0.3, 0.4) is 0 Å². The smallest absolute Gasteiger partial charge is 0.309 e. The number of carbonyl (C=O) groups excluding carboxylic acids is 2. The van der Waals surface area contributed by atoms with E-state index in [9.17, 15) is 24.8 Å². The highest BCUT2D eigenvalue weighted by Crippen LogP contribution is 2.76. The predicted molar refractivity (Wildman–Crippen MR) is 219 cm³/mol. The summed E-state index contributed by atoms with van der Waals surface area (Å²) in [6.45, 7) is 21.1. The number of nitrogens with zero attached hydrogens (tertiary/aromatic N) is 4. The maximum absolute atomic E-state index is 14.5. The van der Waals surface area contributed by atoms with Gasteiger partial charge in [0.15, 0.2) is 11.6 Å². The number of hydrogen-bond acceptors (Lipinski definition) is 8. The van der Waals surface area contributed by atoms with Crippen molar-refractivity contribution in [2.24, 2.45) is 50.7 Å². The number of likely N-dealkylation sites (N-methyl/N-ethyl adjacent to an activating group) is 1. The first kappa shape index (κ1) is 41.3. The minimum absolute atomic E-state index is 0.0326. The van der Waals surface area contributed by atoms with Crippen LogP contribution in [0.2, 0.25) is 0 Å². The predicted octanol–water partition coefficient (Wildman–Crippen LogP) is 8.68. The van der Waals surface area contributed by atoms with Crippen molar-refractivity contribution in [1.82, 2.24) is 20.1 Å².